The molecular weight excluding hydrogens is 286 g/mol. The van der Waals surface area contributed by atoms with Crippen molar-refractivity contribution in [3.8, 4) is 0 Å². The Morgan fingerprint density at radius 3 is 2.81 bits per heavy atom. The van der Waals surface area contributed by atoms with Crippen LogP contribution in [0.2, 0.25) is 0 Å². The summed E-state index contributed by atoms with van der Waals surface area (Å²) in [6.07, 6.45) is 6.04. The maximum Gasteiger partial charge on any atom is 0.256 e. The van der Waals surface area contributed by atoms with Crippen LogP contribution in [-0.4, -0.2) is 47.6 Å². The van der Waals surface area contributed by atoms with Crippen LogP contribution in [0.25, 0.3) is 0 Å². The van der Waals surface area contributed by atoms with Crippen molar-refractivity contribution in [3.63, 3.8) is 0 Å². The van der Waals surface area contributed by atoms with Gasteiger partial charge in [-0.1, -0.05) is 0 Å². The summed E-state index contributed by atoms with van der Waals surface area (Å²) in [5.41, 5.74) is 0.757. The summed E-state index contributed by atoms with van der Waals surface area (Å²) in [6, 6.07) is 3.64. The van der Waals surface area contributed by atoms with Crippen LogP contribution in [-0.2, 0) is 4.79 Å². The smallest absolute Gasteiger partial charge is 0.256 e. The highest BCUT2D eigenvalue weighted by Gasteiger charge is 2.41. The number of hydrogen-bond acceptors (Lipinski definition) is 4. The fourth-order valence-electron chi connectivity index (χ4n) is 3.18. The maximum atomic E-state index is 12.6. The predicted molar refractivity (Wildman–Crippen MR) is 81.2 cm³/mol. The molecule has 2 aliphatic heterocycles. The van der Waals surface area contributed by atoms with E-state index in [0.717, 1.165) is 37.5 Å². The van der Waals surface area contributed by atoms with Gasteiger partial charge in [-0.15, -0.1) is 11.8 Å². The molecule has 0 atom stereocenters. The Morgan fingerprint density at radius 2 is 2.19 bits per heavy atom. The van der Waals surface area contributed by atoms with Crippen LogP contribution >= 0.6 is 11.8 Å². The van der Waals surface area contributed by atoms with Gasteiger partial charge in [-0.2, -0.15) is 0 Å². The second-order valence-corrected chi connectivity index (χ2v) is 6.60. The molecule has 0 bridgehead atoms. The van der Waals surface area contributed by atoms with Gasteiger partial charge in [-0.25, -0.2) is 4.98 Å². The van der Waals surface area contributed by atoms with Crippen molar-refractivity contribution >= 4 is 23.6 Å². The van der Waals surface area contributed by atoms with E-state index in [2.05, 4.69) is 10.3 Å². The van der Waals surface area contributed by atoms with Crippen LogP contribution in [0.4, 0.5) is 0 Å². The molecule has 0 aliphatic carbocycles. The second kappa shape index (κ2) is 5.67. The van der Waals surface area contributed by atoms with Crippen LogP contribution in [0.5, 0.6) is 0 Å². The van der Waals surface area contributed by atoms with Gasteiger partial charge in [0.1, 0.15) is 5.03 Å². The molecule has 0 unspecified atom stereocenters. The summed E-state index contributed by atoms with van der Waals surface area (Å²) in [5, 5.41) is 3.70. The average molecular weight is 305 g/mol. The number of amides is 2. The van der Waals surface area contributed by atoms with Gasteiger partial charge in [-0.05, 0) is 36.6 Å². The molecule has 2 amide bonds. The zero-order valence-electron chi connectivity index (χ0n) is 12.1. The minimum Gasteiger partial charge on any atom is -0.356 e. The van der Waals surface area contributed by atoms with E-state index >= 15 is 0 Å². The molecule has 2 fully saturated rings. The number of pyridine rings is 1. The van der Waals surface area contributed by atoms with Crippen molar-refractivity contribution in [2.24, 2.45) is 5.41 Å². The molecule has 21 heavy (non-hydrogen) atoms. The highest BCUT2D eigenvalue weighted by atomic mass is 32.2. The van der Waals surface area contributed by atoms with Gasteiger partial charge in [0.25, 0.3) is 5.91 Å². The SMILES string of the molecule is CSc1ncccc1C(=O)N1CCC2(CC1)CNC(=O)C2. The Kier molecular flexibility index (Phi) is 3.89. The monoisotopic (exact) mass is 305 g/mol. The molecule has 0 radical (unpaired) electrons. The molecule has 0 aromatic carbocycles. The Morgan fingerprint density at radius 1 is 1.43 bits per heavy atom. The van der Waals surface area contributed by atoms with E-state index in [9.17, 15) is 9.59 Å². The Hall–Kier alpha value is -1.56. The third-order valence-corrected chi connectivity index (χ3v) is 5.21. The summed E-state index contributed by atoms with van der Waals surface area (Å²) in [4.78, 5) is 30.2. The Balaban J connectivity index is 1.69. The van der Waals surface area contributed by atoms with Gasteiger partial charge in [0.2, 0.25) is 5.91 Å². The van der Waals surface area contributed by atoms with Crippen LogP contribution in [0.15, 0.2) is 23.4 Å². The van der Waals surface area contributed by atoms with E-state index in [-0.39, 0.29) is 17.2 Å². The van der Waals surface area contributed by atoms with Crippen molar-refractivity contribution in [2.75, 3.05) is 25.9 Å². The lowest BCUT2D eigenvalue weighted by Gasteiger charge is -2.38. The third kappa shape index (κ3) is 2.77. The minimum absolute atomic E-state index is 0.0552. The molecule has 3 rings (SSSR count). The van der Waals surface area contributed by atoms with Crippen molar-refractivity contribution in [2.45, 2.75) is 24.3 Å². The van der Waals surface area contributed by atoms with E-state index in [1.165, 1.54) is 11.8 Å². The molecular formula is C15H19N3O2S. The number of carbonyl (C=O) groups excluding carboxylic acids is 2. The van der Waals surface area contributed by atoms with Crippen LogP contribution in [0, 0.1) is 5.41 Å². The van der Waals surface area contributed by atoms with E-state index < -0.39 is 0 Å². The lowest BCUT2D eigenvalue weighted by atomic mass is 9.77. The van der Waals surface area contributed by atoms with E-state index in [1.54, 1.807) is 12.3 Å². The zero-order chi connectivity index (χ0) is 14.9. The van der Waals surface area contributed by atoms with Gasteiger partial charge in [0, 0.05) is 32.3 Å². The number of carbonyl (C=O) groups is 2. The van der Waals surface area contributed by atoms with Crippen LogP contribution in [0.3, 0.4) is 0 Å². The van der Waals surface area contributed by atoms with E-state index in [0.29, 0.717) is 12.0 Å². The molecule has 3 heterocycles. The highest BCUT2D eigenvalue weighted by Crippen LogP contribution is 2.37. The van der Waals surface area contributed by atoms with Gasteiger partial charge in [0.05, 0.1) is 5.56 Å². The highest BCUT2D eigenvalue weighted by molar-refractivity contribution is 7.98. The molecule has 112 valence electrons. The molecule has 1 spiro atoms. The number of rotatable bonds is 2. The van der Waals surface area contributed by atoms with Crippen LogP contribution in [0.1, 0.15) is 29.6 Å². The van der Waals surface area contributed by atoms with Gasteiger partial charge >= 0.3 is 0 Å². The van der Waals surface area contributed by atoms with Gasteiger partial charge in [0.15, 0.2) is 0 Å². The molecule has 0 saturated carbocycles. The fraction of sp³-hybridized carbons (Fsp3) is 0.533. The fourth-order valence-corrected chi connectivity index (χ4v) is 3.72. The quantitative estimate of drug-likeness (QED) is 0.842. The molecule has 1 N–H and O–H groups in total. The summed E-state index contributed by atoms with van der Waals surface area (Å²) in [6.45, 7) is 2.20. The van der Waals surface area contributed by atoms with Gasteiger partial charge < -0.3 is 10.2 Å². The summed E-state index contributed by atoms with van der Waals surface area (Å²) in [7, 11) is 0. The lowest BCUT2D eigenvalue weighted by molar-refractivity contribution is -0.119. The summed E-state index contributed by atoms with van der Waals surface area (Å²) < 4.78 is 0. The zero-order valence-corrected chi connectivity index (χ0v) is 12.9. The Labute approximate surface area is 128 Å². The largest absolute Gasteiger partial charge is 0.356 e. The van der Waals surface area contributed by atoms with E-state index in [4.69, 9.17) is 0 Å². The van der Waals surface area contributed by atoms with Crippen LogP contribution < -0.4 is 5.32 Å². The lowest BCUT2D eigenvalue weighted by Crippen LogP contribution is -2.44. The normalized spacial score (nSPS) is 20.6. The van der Waals surface area contributed by atoms with Crippen molar-refractivity contribution in [3.05, 3.63) is 23.9 Å². The van der Waals surface area contributed by atoms with Gasteiger partial charge in [-0.3, -0.25) is 9.59 Å². The standard InChI is InChI=1S/C15H19N3O2S/c1-21-13-11(3-2-6-16-13)14(20)18-7-4-15(5-8-18)9-12(19)17-10-15/h2-3,6H,4-5,7-10H2,1H3,(H,17,19). The first-order valence-corrected chi connectivity index (χ1v) is 8.41. The number of nitrogens with one attached hydrogen (secondary N) is 1. The average Bonchev–Trinajstić information content (AvgIpc) is 2.88. The number of nitrogens with zero attached hydrogens (tertiary/aromatic N) is 2. The molecule has 6 heteroatoms. The molecule has 1 aromatic rings. The molecule has 5 nitrogen and oxygen atoms in total. The van der Waals surface area contributed by atoms with Crippen molar-refractivity contribution in [1.29, 1.82) is 0 Å². The van der Waals surface area contributed by atoms with E-state index in [1.807, 2.05) is 17.2 Å². The Bertz CT molecular complexity index is 568. The van der Waals surface area contributed by atoms with Crippen molar-refractivity contribution in [1.82, 2.24) is 15.2 Å². The number of thioether (sulfide) groups is 1. The topological polar surface area (TPSA) is 62.3 Å². The summed E-state index contributed by atoms with van der Waals surface area (Å²) >= 11 is 1.49. The molecule has 2 aliphatic rings. The first kappa shape index (κ1) is 14.4. The first-order chi connectivity index (χ1) is 10.1. The number of hydrogen-bond donors (Lipinski definition) is 1. The minimum atomic E-state index is 0.0552. The van der Waals surface area contributed by atoms with Crippen molar-refractivity contribution < 1.29 is 9.59 Å². The third-order valence-electron chi connectivity index (χ3n) is 4.50. The second-order valence-electron chi connectivity index (χ2n) is 5.81. The molecule has 2 saturated heterocycles. The number of piperidine rings is 1. The number of likely N-dealkylation sites (tertiary alicyclic amines) is 1. The molecule has 1 aromatic heterocycles. The maximum absolute atomic E-state index is 12.6. The first-order valence-electron chi connectivity index (χ1n) is 7.19. The predicted octanol–water partition coefficient (Wildman–Crippen LogP) is 1.55. The summed E-state index contributed by atoms with van der Waals surface area (Å²) in [5.74, 6) is 0.200. The number of aromatic nitrogens is 1.